The molecule has 1 aliphatic rings. The molecule has 3 aromatic rings. The van der Waals surface area contributed by atoms with Crippen molar-refractivity contribution in [2.45, 2.75) is 51.7 Å². The minimum Gasteiger partial charge on any atom is -0.449 e. The lowest BCUT2D eigenvalue weighted by Gasteiger charge is -2.17. The summed E-state index contributed by atoms with van der Waals surface area (Å²) in [7, 11) is 0. The van der Waals surface area contributed by atoms with Gasteiger partial charge in [0.15, 0.2) is 6.10 Å². The standard InChI is InChI=1S/C23H24N2O3S/c1-15(22(26)24-14-16-8-7-13-29-16)28-23(27)21-17-9-3-2-4-11-19(17)25-20-12-6-5-10-18(20)21/h5-8,10,12-13,15H,2-4,9,11,14H2,1H3,(H,24,26)/t15-/m0/s1. The van der Waals surface area contributed by atoms with Crippen LogP contribution in [0, 0.1) is 0 Å². The maximum Gasteiger partial charge on any atom is 0.339 e. The molecule has 1 atom stereocenters. The third-order valence-corrected chi connectivity index (χ3v) is 6.17. The van der Waals surface area contributed by atoms with Crippen molar-refractivity contribution in [3.05, 3.63) is 63.5 Å². The first-order valence-corrected chi connectivity index (χ1v) is 10.9. The van der Waals surface area contributed by atoms with Crippen LogP contribution in [-0.4, -0.2) is 23.0 Å². The molecule has 4 rings (SSSR count). The van der Waals surface area contributed by atoms with Crippen LogP contribution in [0.2, 0.25) is 0 Å². The Morgan fingerprint density at radius 2 is 1.97 bits per heavy atom. The van der Waals surface area contributed by atoms with Gasteiger partial charge in [-0.3, -0.25) is 9.78 Å². The lowest BCUT2D eigenvalue weighted by molar-refractivity contribution is -0.129. The third-order valence-electron chi connectivity index (χ3n) is 5.29. The van der Waals surface area contributed by atoms with Crippen molar-refractivity contribution < 1.29 is 14.3 Å². The number of para-hydroxylation sites is 1. The number of carbonyl (C=O) groups excluding carboxylic acids is 2. The van der Waals surface area contributed by atoms with Crippen molar-refractivity contribution in [1.82, 2.24) is 10.3 Å². The Morgan fingerprint density at radius 1 is 1.14 bits per heavy atom. The van der Waals surface area contributed by atoms with E-state index in [4.69, 9.17) is 9.72 Å². The lowest BCUT2D eigenvalue weighted by atomic mass is 9.97. The van der Waals surface area contributed by atoms with Gasteiger partial charge in [0, 0.05) is 16.0 Å². The number of amides is 1. The second kappa shape index (κ2) is 8.74. The first-order chi connectivity index (χ1) is 14.1. The van der Waals surface area contributed by atoms with Crippen LogP contribution in [-0.2, 0) is 28.9 Å². The Labute approximate surface area is 174 Å². The summed E-state index contributed by atoms with van der Waals surface area (Å²) in [5, 5.41) is 5.59. The van der Waals surface area contributed by atoms with Gasteiger partial charge in [-0.05, 0) is 55.7 Å². The number of benzene rings is 1. The number of hydrogen-bond acceptors (Lipinski definition) is 5. The van der Waals surface area contributed by atoms with E-state index >= 15 is 0 Å². The number of aromatic nitrogens is 1. The molecular formula is C23H24N2O3S. The molecule has 0 saturated carbocycles. The summed E-state index contributed by atoms with van der Waals surface area (Å²) in [5.74, 6) is -0.739. The minimum atomic E-state index is -0.865. The van der Waals surface area contributed by atoms with Crippen LogP contribution in [0.5, 0.6) is 0 Å². The molecular weight excluding hydrogens is 384 g/mol. The summed E-state index contributed by atoms with van der Waals surface area (Å²) >= 11 is 1.58. The largest absolute Gasteiger partial charge is 0.449 e. The molecule has 1 amide bonds. The fourth-order valence-electron chi connectivity index (χ4n) is 3.79. The van der Waals surface area contributed by atoms with E-state index in [2.05, 4.69) is 5.32 Å². The lowest BCUT2D eigenvalue weighted by Crippen LogP contribution is -2.35. The van der Waals surface area contributed by atoms with Crippen molar-refractivity contribution in [2.24, 2.45) is 0 Å². The van der Waals surface area contributed by atoms with Crippen molar-refractivity contribution in [3.8, 4) is 0 Å². The van der Waals surface area contributed by atoms with Crippen LogP contribution in [0.25, 0.3) is 10.9 Å². The predicted octanol–water partition coefficient (Wildman–Crippen LogP) is 4.43. The molecule has 6 heteroatoms. The maximum atomic E-state index is 13.2. The van der Waals surface area contributed by atoms with Gasteiger partial charge in [-0.2, -0.15) is 0 Å². The molecule has 0 spiro atoms. The van der Waals surface area contributed by atoms with E-state index in [0.717, 1.165) is 59.1 Å². The van der Waals surface area contributed by atoms with Crippen molar-refractivity contribution in [1.29, 1.82) is 0 Å². The van der Waals surface area contributed by atoms with Gasteiger partial charge in [0.25, 0.3) is 5.91 Å². The van der Waals surface area contributed by atoms with Gasteiger partial charge in [-0.25, -0.2) is 4.79 Å². The molecule has 0 fully saturated rings. The van der Waals surface area contributed by atoms with Crippen LogP contribution in [0.15, 0.2) is 41.8 Å². The molecule has 0 unspecified atom stereocenters. The van der Waals surface area contributed by atoms with Crippen LogP contribution >= 0.6 is 11.3 Å². The highest BCUT2D eigenvalue weighted by Gasteiger charge is 2.26. The number of pyridine rings is 1. The first kappa shape index (κ1) is 19.6. The van der Waals surface area contributed by atoms with E-state index in [9.17, 15) is 9.59 Å². The van der Waals surface area contributed by atoms with E-state index in [0.29, 0.717) is 12.1 Å². The maximum absolute atomic E-state index is 13.2. The molecule has 1 aliphatic carbocycles. The second-order valence-corrected chi connectivity index (χ2v) is 8.37. The third kappa shape index (κ3) is 4.32. The Balaban J connectivity index is 1.57. The number of nitrogens with zero attached hydrogens (tertiary/aromatic N) is 1. The average molecular weight is 409 g/mol. The van der Waals surface area contributed by atoms with Crippen LogP contribution < -0.4 is 5.32 Å². The quantitative estimate of drug-likeness (QED) is 0.501. The van der Waals surface area contributed by atoms with Gasteiger partial charge >= 0.3 is 5.97 Å². The molecule has 1 aromatic carbocycles. The van der Waals surface area contributed by atoms with E-state index in [-0.39, 0.29) is 5.91 Å². The summed E-state index contributed by atoms with van der Waals surface area (Å²) in [4.78, 5) is 31.4. The molecule has 0 radical (unpaired) electrons. The van der Waals surface area contributed by atoms with Crippen LogP contribution in [0.3, 0.4) is 0 Å². The van der Waals surface area contributed by atoms with E-state index in [1.807, 2.05) is 41.8 Å². The zero-order chi connectivity index (χ0) is 20.2. The number of fused-ring (bicyclic) bond motifs is 2. The number of thiophene rings is 1. The highest BCUT2D eigenvalue weighted by Crippen LogP contribution is 2.29. The topological polar surface area (TPSA) is 68.3 Å². The van der Waals surface area contributed by atoms with Gasteiger partial charge in [-0.1, -0.05) is 30.7 Å². The average Bonchev–Trinajstić information content (AvgIpc) is 3.14. The summed E-state index contributed by atoms with van der Waals surface area (Å²) in [6.45, 7) is 2.05. The number of carbonyl (C=O) groups is 2. The number of ether oxygens (including phenoxy) is 1. The highest BCUT2D eigenvalue weighted by molar-refractivity contribution is 7.09. The molecule has 2 aromatic heterocycles. The zero-order valence-corrected chi connectivity index (χ0v) is 17.3. The number of esters is 1. The highest BCUT2D eigenvalue weighted by atomic mass is 32.1. The first-order valence-electron chi connectivity index (χ1n) is 10.0. The molecule has 0 bridgehead atoms. The summed E-state index contributed by atoms with van der Waals surface area (Å²) in [6.07, 6.45) is 4.06. The fourth-order valence-corrected chi connectivity index (χ4v) is 4.43. The molecule has 150 valence electrons. The molecule has 5 nitrogen and oxygen atoms in total. The fraction of sp³-hybridized carbons (Fsp3) is 0.348. The van der Waals surface area contributed by atoms with Crippen LogP contribution in [0.1, 0.15) is 52.7 Å². The predicted molar refractivity (Wildman–Crippen MR) is 114 cm³/mol. The summed E-state index contributed by atoms with van der Waals surface area (Å²) in [5.41, 5.74) is 3.35. The van der Waals surface area contributed by atoms with Gasteiger partial charge in [-0.15, -0.1) is 11.3 Å². The van der Waals surface area contributed by atoms with Crippen molar-refractivity contribution in [3.63, 3.8) is 0 Å². The van der Waals surface area contributed by atoms with Gasteiger partial charge in [0.05, 0.1) is 17.6 Å². The summed E-state index contributed by atoms with van der Waals surface area (Å²) in [6, 6.07) is 11.6. The van der Waals surface area contributed by atoms with Crippen LogP contribution in [0.4, 0.5) is 0 Å². The molecule has 0 aliphatic heterocycles. The number of rotatable bonds is 5. The van der Waals surface area contributed by atoms with Gasteiger partial charge in [0.2, 0.25) is 0 Å². The molecule has 29 heavy (non-hydrogen) atoms. The van der Waals surface area contributed by atoms with Gasteiger partial charge < -0.3 is 10.1 Å². The van der Waals surface area contributed by atoms with Gasteiger partial charge in [0.1, 0.15) is 0 Å². The second-order valence-electron chi connectivity index (χ2n) is 7.33. The number of nitrogens with one attached hydrogen (secondary N) is 1. The van der Waals surface area contributed by atoms with Crippen molar-refractivity contribution >= 4 is 34.1 Å². The number of aryl methyl sites for hydroxylation is 1. The van der Waals surface area contributed by atoms with E-state index in [1.54, 1.807) is 18.3 Å². The molecule has 0 saturated heterocycles. The van der Waals surface area contributed by atoms with E-state index in [1.165, 1.54) is 0 Å². The monoisotopic (exact) mass is 408 g/mol. The SMILES string of the molecule is C[C@H](OC(=O)c1c2c(nc3ccccc13)CCCCC2)C(=O)NCc1cccs1. The Bertz CT molecular complexity index is 1030. The molecule has 1 N–H and O–H groups in total. The zero-order valence-electron chi connectivity index (χ0n) is 16.4. The van der Waals surface area contributed by atoms with E-state index < -0.39 is 12.1 Å². The normalized spacial score (nSPS) is 14.7. The Morgan fingerprint density at radius 3 is 2.79 bits per heavy atom. The summed E-state index contributed by atoms with van der Waals surface area (Å²) < 4.78 is 5.61. The Hall–Kier alpha value is -2.73. The van der Waals surface area contributed by atoms with Crippen molar-refractivity contribution in [2.75, 3.05) is 0 Å². The number of hydrogen-bond donors (Lipinski definition) is 1. The minimum absolute atomic E-state index is 0.295. The molecule has 2 heterocycles. The Kier molecular flexibility index (Phi) is 5.90. The smallest absolute Gasteiger partial charge is 0.339 e.